The lowest BCUT2D eigenvalue weighted by Crippen LogP contribution is -2.07. The molecule has 0 fully saturated rings. The Morgan fingerprint density at radius 3 is 2.89 bits per heavy atom. The second-order valence-corrected chi connectivity index (χ2v) is 3.94. The van der Waals surface area contributed by atoms with E-state index in [4.69, 9.17) is 15.1 Å². The minimum Gasteiger partial charge on any atom is -0.496 e. The van der Waals surface area contributed by atoms with E-state index in [2.05, 4.69) is 6.07 Å². The normalized spacial score (nSPS) is 10.3. The lowest BCUT2D eigenvalue weighted by molar-refractivity contribution is 0.197. The Morgan fingerprint density at radius 1 is 1.61 bits per heavy atom. The van der Waals surface area contributed by atoms with Crippen LogP contribution in [0.15, 0.2) is 18.3 Å². The van der Waals surface area contributed by atoms with Gasteiger partial charge >= 0.3 is 6.09 Å². The topological polar surface area (TPSA) is 75.2 Å². The quantitative estimate of drug-likeness (QED) is 0.880. The molecule has 0 aliphatic carbocycles. The third-order valence-electron chi connectivity index (χ3n) is 2.91. The van der Waals surface area contributed by atoms with Crippen LogP contribution in [0, 0.1) is 18.3 Å². The van der Waals surface area contributed by atoms with Crippen molar-refractivity contribution in [2.24, 2.45) is 0 Å². The number of aryl methyl sites for hydroxylation is 1. The van der Waals surface area contributed by atoms with Crippen LogP contribution >= 0.6 is 0 Å². The zero-order chi connectivity index (χ0) is 13.3. The molecule has 1 N–H and O–H groups in total. The number of hydrogen-bond donors (Lipinski definition) is 1. The Bertz CT molecular complexity index is 665. The molecule has 0 saturated heterocycles. The van der Waals surface area contributed by atoms with Crippen LogP contribution in [-0.4, -0.2) is 22.9 Å². The number of hydrogen-bond acceptors (Lipinski definition) is 3. The molecule has 1 aromatic carbocycles. The van der Waals surface area contributed by atoms with Gasteiger partial charge in [0.1, 0.15) is 5.75 Å². The first-order chi connectivity index (χ1) is 8.60. The molecule has 5 nitrogen and oxygen atoms in total. The van der Waals surface area contributed by atoms with Gasteiger partial charge in [0.2, 0.25) is 0 Å². The number of benzene rings is 1. The van der Waals surface area contributed by atoms with Crippen LogP contribution in [0.1, 0.15) is 11.1 Å². The maximum atomic E-state index is 11.1. The number of carbonyl (C=O) groups is 1. The predicted molar refractivity (Wildman–Crippen MR) is 66.0 cm³/mol. The fourth-order valence-corrected chi connectivity index (χ4v) is 2.17. The van der Waals surface area contributed by atoms with E-state index in [1.165, 1.54) is 13.3 Å². The fraction of sp³-hybridized carbons (Fsp3) is 0.231. The van der Waals surface area contributed by atoms with Crippen molar-refractivity contribution in [3.63, 3.8) is 0 Å². The van der Waals surface area contributed by atoms with Crippen LogP contribution in [0.4, 0.5) is 4.79 Å². The van der Waals surface area contributed by atoms with Gasteiger partial charge in [-0.3, -0.25) is 4.57 Å². The summed E-state index contributed by atoms with van der Waals surface area (Å²) in [6.07, 6.45) is 0.630. The van der Waals surface area contributed by atoms with Gasteiger partial charge in [0.05, 0.1) is 25.1 Å². The van der Waals surface area contributed by atoms with E-state index in [-0.39, 0.29) is 6.42 Å². The van der Waals surface area contributed by atoms with Crippen molar-refractivity contribution >= 4 is 17.0 Å². The van der Waals surface area contributed by atoms with Gasteiger partial charge in [-0.25, -0.2) is 4.79 Å². The van der Waals surface area contributed by atoms with Crippen LogP contribution in [0.25, 0.3) is 10.9 Å². The molecule has 1 aromatic heterocycles. The molecule has 0 spiro atoms. The van der Waals surface area contributed by atoms with Gasteiger partial charge in [-0.2, -0.15) is 5.26 Å². The van der Waals surface area contributed by atoms with Gasteiger partial charge in [0, 0.05) is 17.1 Å². The van der Waals surface area contributed by atoms with Crippen LogP contribution in [0.5, 0.6) is 5.75 Å². The minimum atomic E-state index is -1.04. The molecule has 2 rings (SSSR count). The van der Waals surface area contributed by atoms with Gasteiger partial charge < -0.3 is 9.84 Å². The summed E-state index contributed by atoms with van der Waals surface area (Å²) in [6.45, 7) is 1.82. The minimum absolute atomic E-state index is 0.184. The number of carboxylic acid groups (broad SMARTS) is 1. The van der Waals surface area contributed by atoms with Crippen LogP contribution in [0.2, 0.25) is 0 Å². The van der Waals surface area contributed by atoms with Crippen molar-refractivity contribution in [2.75, 3.05) is 7.11 Å². The lowest BCUT2D eigenvalue weighted by atomic mass is 10.0. The lowest BCUT2D eigenvalue weighted by Gasteiger charge is -2.10. The molecule has 2 aromatic rings. The molecule has 0 aliphatic rings. The zero-order valence-corrected chi connectivity index (χ0v) is 10.1. The Balaban J connectivity index is 2.85. The molecule has 1 heterocycles. The number of nitrogens with zero attached hydrogens (tertiary/aromatic N) is 2. The van der Waals surface area contributed by atoms with E-state index in [0.717, 1.165) is 21.1 Å². The van der Waals surface area contributed by atoms with Gasteiger partial charge in [0.15, 0.2) is 0 Å². The van der Waals surface area contributed by atoms with Gasteiger partial charge in [0.25, 0.3) is 0 Å². The fourth-order valence-electron chi connectivity index (χ4n) is 2.17. The highest BCUT2D eigenvalue weighted by Gasteiger charge is 2.16. The SMILES string of the molecule is COc1cc(C)c2c(ccn2C(=O)O)c1CC#N. The second-order valence-electron chi connectivity index (χ2n) is 3.94. The van der Waals surface area contributed by atoms with E-state index in [9.17, 15) is 4.79 Å². The molecule has 0 saturated carbocycles. The van der Waals surface area contributed by atoms with Crippen LogP contribution in [0.3, 0.4) is 0 Å². The molecule has 0 aliphatic heterocycles. The zero-order valence-electron chi connectivity index (χ0n) is 10.1. The number of fused-ring (bicyclic) bond motifs is 1. The molecule has 18 heavy (non-hydrogen) atoms. The third kappa shape index (κ3) is 1.68. The largest absolute Gasteiger partial charge is 0.496 e. The first-order valence-corrected chi connectivity index (χ1v) is 5.38. The van der Waals surface area contributed by atoms with Crippen molar-refractivity contribution in [3.8, 4) is 11.8 Å². The summed E-state index contributed by atoms with van der Waals surface area (Å²) >= 11 is 0. The van der Waals surface area contributed by atoms with E-state index < -0.39 is 6.09 Å². The Hall–Kier alpha value is -2.48. The molecule has 5 heteroatoms. The molecule has 0 radical (unpaired) electrons. The van der Waals surface area contributed by atoms with Gasteiger partial charge in [-0.1, -0.05) is 0 Å². The van der Waals surface area contributed by atoms with Crippen LogP contribution in [-0.2, 0) is 6.42 Å². The van der Waals surface area contributed by atoms with Crippen molar-refractivity contribution in [2.45, 2.75) is 13.3 Å². The molecular weight excluding hydrogens is 232 g/mol. The maximum Gasteiger partial charge on any atom is 0.416 e. The standard InChI is InChI=1S/C13H12N2O3/c1-8-7-11(18-2)9(3-5-14)10-4-6-15(12(8)10)13(16)17/h4,6-7H,3H2,1-2H3,(H,16,17). The average Bonchev–Trinajstić information content (AvgIpc) is 2.77. The van der Waals surface area contributed by atoms with Crippen molar-refractivity contribution in [1.82, 2.24) is 4.57 Å². The van der Waals surface area contributed by atoms with Crippen molar-refractivity contribution < 1.29 is 14.6 Å². The highest BCUT2D eigenvalue weighted by molar-refractivity contribution is 5.94. The number of methoxy groups -OCH3 is 1. The highest BCUT2D eigenvalue weighted by Crippen LogP contribution is 2.32. The molecular formula is C13H12N2O3. The predicted octanol–water partition coefficient (Wildman–Crippen LogP) is 2.55. The van der Waals surface area contributed by atoms with Crippen LogP contribution < -0.4 is 4.74 Å². The summed E-state index contributed by atoms with van der Waals surface area (Å²) in [5, 5.41) is 18.7. The molecule has 0 bridgehead atoms. The summed E-state index contributed by atoms with van der Waals surface area (Å²) in [4.78, 5) is 11.1. The van der Waals surface area contributed by atoms with E-state index in [1.54, 1.807) is 12.1 Å². The van der Waals surface area contributed by atoms with E-state index >= 15 is 0 Å². The Labute approximate surface area is 104 Å². The van der Waals surface area contributed by atoms with Gasteiger partial charge in [-0.05, 0) is 24.6 Å². The summed E-state index contributed by atoms with van der Waals surface area (Å²) in [5.41, 5.74) is 2.13. The van der Waals surface area contributed by atoms with E-state index in [0.29, 0.717) is 11.3 Å². The number of nitriles is 1. The summed E-state index contributed by atoms with van der Waals surface area (Å²) in [6, 6.07) is 5.53. The molecule has 0 unspecified atom stereocenters. The first-order valence-electron chi connectivity index (χ1n) is 5.38. The maximum absolute atomic E-state index is 11.1. The first kappa shape index (κ1) is 12.0. The van der Waals surface area contributed by atoms with Crippen molar-refractivity contribution in [3.05, 3.63) is 29.5 Å². The molecule has 0 amide bonds. The van der Waals surface area contributed by atoms with E-state index in [1.807, 2.05) is 6.92 Å². The monoisotopic (exact) mass is 244 g/mol. The molecule has 92 valence electrons. The third-order valence-corrected chi connectivity index (χ3v) is 2.91. The average molecular weight is 244 g/mol. The number of ether oxygens (including phenoxy) is 1. The Morgan fingerprint density at radius 2 is 2.33 bits per heavy atom. The number of aromatic nitrogens is 1. The summed E-state index contributed by atoms with van der Waals surface area (Å²) in [7, 11) is 1.54. The summed E-state index contributed by atoms with van der Waals surface area (Å²) in [5.74, 6) is 0.615. The van der Waals surface area contributed by atoms with Crippen molar-refractivity contribution in [1.29, 1.82) is 5.26 Å². The number of rotatable bonds is 2. The summed E-state index contributed by atoms with van der Waals surface area (Å²) < 4.78 is 6.41. The Kier molecular flexibility index (Phi) is 2.94. The smallest absolute Gasteiger partial charge is 0.416 e. The second kappa shape index (κ2) is 4.41. The molecule has 0 atom stereocenters. The van der Waals surface area contributed by atoms with Gasteiger partial charge in [-0.15, -0.1) is 0 Å². The highest BCUT2D eigenvalue weighted by atomic mass is 16.5.